The van der Waals surface area contributed by atoms with Crippen LogP contribution in [0.15, 0.2) is 53.6 Å². The zero-order valence-corrected chi connectivity index (χ0v) is 16.8. The van der Waals surface area contributed by atoms with Gasteiger partial charge >= 0.3 is 0 Å². The highest BCUT2D eigenvalue weighted by atomic mass is 35.5. The number of carbonyl (C=O) groups excluding carboxylic acids is 2. The van der Waals surface area contributed by atoms with Gasteiger partial charge in [0.1, 0.15) is 17.9 Å². The molecule has 2 amide bonds. The molecule has 0 saturated carbocycles. The zero-order chi connectivity index (χ0) is 21.2. The third-order valence-corrected chi connectivity index (χ3v) is 4.11. The fraction of sp³-hybridized carbons (Fsp3) is 0.238. The minimum absolute atomic E-state index is 0.0558. The molecular formula is C21H21ClN4O3. The van der Waals surface area contributed by atoms with Crippen LogP contribution in [0.25, 0.3) is 0 Å². The van der Waals surface area contributed by atoms with Gasteiger partial charge in [0.2, 0.25) is 0 Å². The molecule has 0 saturated heterocycles. The molecule has 1 unspecified atom stereocenters. The Hall–Kier alpha value is -3.37. The molecule has 0 heterocycles. The summed E-state index contributed by atoms with van der Waals surface area (Å²) in [6.07, 6.45) is 1.45. The first-order valence-corrected chi connectivity index (χ1v) is 9.27. The highest BCUT2D eigenvalue weighted by Gasteiger charge is 2.24. The molecular weight excluding hydrogens is 392 g/mol. The van der Waals surface area contributed by atoms with Crippen LogP contribution in [-0.2, 0) is 4.79 Å². The van der Waals surface area contributed by atoms with Crippen LogP contribution in [0, 0.1) is 17.2 Å². The molecule has 0 aliphatic rings. The van der Waals surface area contributed by atoms with E-state index in [1.54, 1.807) is 42.5 Å². The SMILES string of the molecule is CC(C)C(NC(=O)c1cccc(Cl)c1)C(=O)NN=Cc1cccc(OCC#N)c1. The molecule has 150 valence electrons. The van der Waals surface area contributed by atoms with Crippen molar-refractivity contribution in [1.29, 1.82) is 5.26 Å². The van der Waals surface area contributed by atoms with E-state index in [9.17, 15) is 9.59 Å². The summed E-state index contributed by atoms with van der Waals surface area (Å²) in [5.74, 6) is -0.470. The normalized spacial score (nSPS) is 11.7. The lowest BCUT2D eigenvalue weighted by atomic mass is 10.0. The smallest absolute Gasteiger partial charge is 0.262 e. The van der Waals surface area contributed by atoms with Crippen LogP contribution < -0.4 is 15.5 Å². The van der Waals surface area contributed by atoms with Gasteiger partial charge in [-0.3, -0.25) is 9.59 Å². The van der Waals surface area contributed by atoms with Gasteiger partial charge in [-0.25, -0.2) is 5.43 Å². The maximum Gasteiger partial charge on any atom is 0.262 e. The molecule has 2 rings (SSSR count). The summed E-state index contributed by atoms with van der Waals surface area (Å²) in [4.78, 5) is 24.9. The Kier molecular flexibility index (Phi) is 8.19. The third kappa shape index (κ3) is 6.94. The number of benzene rings is 2. The second kappa shape index (κ2) is 10.8. The first-order chi connectivity index (χ1) is 13.9. The van der Waals surface area contributed by atoms with E-state index in [-0.39, 0.29) is 12.5 Å². The molecule has 2 aromatic carbocycles. The van der Waals surface area contributed by atoms with Gasteiger partial charge in [-0.05, 0) is 41.8 Å². The van der Waals surface area contributed by atoms with Gasteiger partial charge in [0, 0.05) is 10.6 Å². The van der Waals surface area contributed by atoms with E-state index in [1.807, 2.05) is 19.9 Å². The molecule has 0 bridgehead atoms. The van der Waals surface area contributed by atoms with Gasteiger partial charge in [-0.1, -0.05) is 43.6 Å². The third-order valence-electron chi connectivity index (χ3n) is 3.87. The van der Waals surface area contributed by atoms with Gasteiger partial charge < -0.3 is 10.1 Å². The molecule has 2 aromatic rings. The lowest BCUT2D eigenvalue weighted by Gasteiger charge is -2.20. The Morgan fingerprint density at radius 2 is 2.00 bits per heavy atom. The molecule has 0 aromatic heterocycles. The highest BCUT2D eigenvalue weighted by Crippen LogP contribution is 2.13. The van der Waals surface area contributed by atoms with Crippen LogP contribution in [-0.4, -0.2) is 30.7 Å². The van der Waals surface area contributed by atoms with E-state index in [4.69, 9.17) is 21.6 Å². The minimum atomic E-state index is -0.774. The fourth-order valence-electron chi connectivity index (χ4n) is 2.43. The van der Waals surface area contributed by atoms with Crippen LogP contribution in [0.4, 0.5) is 0 Å². The van der Waals surface area contributed by atoms with Crippen molar-refractivity contribution in [2.75, 3.05) is 6.61 Å². The average molecular weight is 413 g/mol. The van der Waals surface area contributed by atoms with Gasteiger partial charge in [0.05, 0.1) is 6.21 Å². The maximum absolute atomic E-state index is 12.5. The van der Waals surface area contributed by atoms with Crippen LogP contribution in [0.1, 0.15) is 29.8 Å². The lowest BCUT2D eigenvalue weighted by molar-refractivity contribution is -0.123. The molecule has 1 atom stereocenters. The van der Waals surface area contributed by atoms with E-state index in [1.165, 1.54) is 12.3 Å². The topological polar surface area (TPSA) is 104 Å². The van der Waals surface area contributed by atoms with Crippen molar-refractivity contribution in [3.8, 4) is 11.8 Å². The van der Waals surface area contributed by atoms with E-state index >= 15 is 0 Å². The molecule has 2 N–H and O–H groups in total. The first kappa shape index (κ1) is 21.9. The Morgan fingerprint density at radius 1 is 1.24 bits per heavy atom. The summed E-state index contributed by atoms with van der Waals surface area (Å²) in [5.41, 5.74) is 3.49. The molecule has 0 aliphatic carbocycles. The van der Waals surface area contributed by atoms with Gasteiger partial charge in [0.25, 0.3) is 11.8 Å². The molecule has 29 heavy (non-hydrogen) atoms. The maximum atomic E-state index is 12.5. The number of rotatable bonds is 8. The van der Waals surface area contributed by atoms with Crippen LogP contribution in [0.2, 0.25) is 5.02 Å². The van der Waals surface area contributed by atoms with Crippen molar-refractivity contribution < 1.29 is 14.3 Å². The molecule has 0 fully saturated rings. The average Bonchev–Trinajstić information content (AvgIpc) is 2.70. The van der Waals surface area contributed by atoms with Gasteiger partial charge in [0.15, 0.2) is 6.61 Å². The van der Waals surface area contributed by atoms with Crippen molar-refractivity contribution in [3.05, 3.63) is 64.7 Å². The van der Waals surface area contributed by atoms with Crippen molar-refractivity contribution in [3.63, 3.8) is 0 Å². The van der Waals surface area contributed by atoms with E-state index in [2.05, 4.69) is 15.8 Å². The number of hydrogen-bond acceptors (Lipinski definition) is 5. The second-order valence-electron chi connectivity index (χ2n) is 6.46. The number of carbonyl (C=O) groups is 2. The Bertz CT molecular complexity index is 938. The molecule has 0 aliphatic heterocycles. The lowest BCUT2D eigenvalue weighted by Crippen LogP contribution is -2.48. The van der Waals surface area contributed by atoms with Crippen LogP contribution >= 0.6 is 11.6 Å². The zero-order valence-electron chi connectivity index (χ0n) is 16.1. The van der Waals surface area contributed by atoms with Gasteiger partial charge in [-0.2, -0.15) is 10.4 Å². The second-order valence-corrected chi connectivity index (χ2v) is 6.90. The van der Waals surface area contributed by atoms with E-state index in [0.29, 0.717) is 21.9 Å². The van der Waals surface area contributed by atoms with Crippen molar-refractivity contribution in [1.82, 2.24) is 10.7 Å². The fourth-order valence-corrected chi connectivity index (χ4v) is 2.62. The summed E-state index contributed by atoms with van der Waals surface area (Å²) < 4.78 is 5.22. The minimum Gasteiger partial charge on any atom is -0.479 e. The molecule has 0 radical (unpaired) electrons. The van der Waals surface area contributed by atoms with E-state index < -0.39 is 17.9 Å². The number of hydrazone groups is 1. The van der Waals surface area contributed by atoms with Gasteiger partial charge in [-0.15, -0.1) is 0 Å². The number of ether oxygens (including phenoxy) is 1. The number of amides is 2. The number of halogens is 1. The van der Waals surface area contributed by atoms with Crippen LogP contribution in [0.3, 0.4) is 0 Å². The van der Waals surface area contributed by atoms with Crippen molar-refractivity contribution >= 4 is 29.6 Å². The Morgan fingerprint density at radius 3 is 2.69 bits per heavy atom. The predicted molar refractivity (Wildman–Crippen MR) is 111 cm³/mol. The standard InChI is InChI=1S/C21H21ClN4O3/c1-14(2)19(25-20(27)16-6-4-7-17(22)12-16)21(28)26-24-13-15-5-3-8-18(11-15)29-10-9-23/h3-8,11-14,19H,10H2,1-2H3,(H,25,27)(H,26,28). The summed E-state index contributed by atoms with van der Waals surface area (Å²) in [6, 6.07) is 14.5. The Labute approximate surface area is 174 Å². The summed E-state index contributed by atoms with van der Waals surface area (Å²) in [5, 5.41) is 15.6. The monoisotopic (exact) mass is 412 g/mol. The summed E-state index contributed by atoms with van der Waals surface area (Å²) in [7, 11) is 0. The Balaban J connectivity index is 2.00. The number of nitrogens with one attached hydrogen (secondary N) is 2. The van der Waals surface area contributed by atoms with Crippen molar-refractivity contribution in [2.45, 2.75) is 19.9 Å². The highest BCUT2D eigenvalue weighted by molar-refractivity contribution is 6.31. The summed E-state index contributed by atoms with van der Waals surface area (Å²) in [6.45, 7) is 3.59. The number of nitrogens with zero attached hydrogens (tertiary/aromatic N) is 2. The summed E-state index contributed by atoms with van der Waals surface area (Å²) >= 11 is 5.91. The largest absolute Gasteiger partial charge is 0.479 e. The molecule has 0 spiro atoms. The molecule has 7 nitrogen and oxygen atoms in total. The first-order valence-electron chi connectivity index (χ1n) is 8.90. The molecule has 8 heteroatoms. The van der Waals surface area contributed by atoms with E-state index in [0.717, 1.165) is 0 Å². The number of nitriles is 1. The predicted octanol–water partition coefficient (Wildman–Crippen LogP) is 3.15. The number of hydrogen-bond donors (Lipinski definition) is 2. The van der Waals surface area contributed by atoms with Crippen LogP contribution in [0.5, 0.6) is 5.75 Å². The quantitative estimate of drug-likeness (QED) is 0.513. The van der Waals surface area contributed by atoms with Crippen molar-refractivity contribution in [2.24, 2.45) is 11.0 Å².